The van der Waals surface area contributed by atoms with Crippen LogP contribution in [0.15, 0.2) is 0 Å². The lowest BCUT2D eigenvalue weighted by Gasteiger charge is -2.34. The summed E-state index contributed by atoms with van der Waals surface area (Å²) >= 11 is 0. The molecule has 0 aromatic heterocycles. The van der Waals surface area contributed by atoms with Crippen molar-refractivity contribution in [1.29, 1.82) is 0 Å². The predicted molar refractivity (Wildman–Crippen MR) is 92.8 cm³/mol. The number of carbonyl (C=O) groups is 1. The van der Waals surface area contributed by atoms with Gasteiger partial charge >= 0.3 is 0 Å². The molecule has 0 bridgehead atoms. The average molecular weight is 309 g/mol. The van der Waals surface area contributed by atoms with E-state index in [-0.39, 0.29) is 0 Å². The van der Waals surface area contributed by atoms with Gasteiger partial charge in [0.05, 0.1) is 0 Å². The molecule has 2 aliphatic heterocycles. The smallest absolute Gasteiger partial charge is 0.223 e. The Labute approximate surface area is 137 Å². The van der Waals surface area contributed by atoms with Gasteiger partial charge in [-0.3, -0.25) is 4.79 Å². The van der Waals surface area contributed by atoms with Crippen LogP contribution in [-0.2, 0) is 4.79 Å². The Morgan fingerprint density at radius 3 is 2.32 bits per heavy atom. The van der Waals surface area contributed by atoms with Crippen molar-refractivity contribution in [1.82, 2.24) is 9.80 Å². The van der Waals surface area contributed by atoms with Crippen LogP contribution >= 0.6 is 0 Å². The second kappa shape index (κ2) is 8.33. The van der Waals surface area contributed by atoms with Crippen LogP contribution in [0, 0.1) is 23.7 Å². The molecule has 128 valence electrons. The third-order valence-electron chi connectivity index (χ3n) is 5.65. The molecule has 2 rings (SSSR count). The SMILES string of the molecule is CC(C)CC1CCN(CCC(=O)N2CCC(C(C)C)CC2)C1. The largest absolute Gasteiger partial charge is 0.343 e. The standard InChI is InChI=1S/C19H36N2O/c1-15(2)13-17-5-9-20(14-17)10-8-19(22)21-11-6-18(7-12-21)16(3)4/h15-18H,5-14H2,1-4H3. The van der Waals surface area contributed by atoms with Crippen molar-refractivity contribution >= 4 is 5.91 Å². The van der Waals surface area contributed by atoms with Gasteiger partial charge in [0.25, 0.3) is 0 Å². The molecule has 3 nitrogen and oxygen atoms in total. The topological polar surface area (TPSA) is 23.6 Å². The quantitative estimate of drug-likeness (QED) is 0.748. The van der Waals surface area contributed by atoms with Gasteiger partial charge in [0.2, 0.25) is 5.91 Å². The molecular formula is C19H36N2O. The molecule has 3 heteroatoms. The molecule has 2 heterocycles. The Morgan fingerprint density at radius 1 is 1.05 bits per heavy atom. The van der Waals surface area contributed by atoms with Crippen LogP contribution < -0.4 is 0 Å². The summed E-state index contributed by atoms with van der Waals surface area (Å²) in [6, 6.07) is 0. The highest BCUT2D eigenvalue weighted by molar-refractivity contribution is 5.76. The number of rotatable bonds is 6. The maximum absolute atomic E-state index is 12.4. The van der Waals surface area contributed by atoms with Crippen molar-refractivity contribution in [3.8, 4) is 0 Å². The summed E-state index contributed by atoms with van der Waals surface area (Å²) in [4.78, 5) is 17.0. The van der Waals surface area contributed by atoms with Crippen LogP contribution in [0.5, 0.6) is 0 Å². The van der Waals surface area contributed by atoms with Crippen LogP contribution in [0.25, 0.3) is 0 Å². The summed E-state index contributed by atoms with van der Waals surface area (Å²) in [5.41, 5.74) is 0. The Kier molecular flexibility index (Phi) is 6.73. The van der Waals surface area contributed by atoms with E-state index in [1.807, 2.05) is 0 Å². The third kappa shape index (κ3) is 5.26. The normalized spacial score (nSPS) is 24.6. The molecule has 1 unspecified atom stereocenters. The van der Waals surface area contributed by atoms with Crippen molar-refractivity contribution in [3.63, 3.8) is 0 Å². The molecule has 0 radical (unpaired) electrons. The molecule has 2 fully saturated rings. The van der Waals surface area contributed by atoms with Gasteiger partial charge < -0.3 is 9.80 Å². The maximum Gasteiger partial charge on any atom is 0.223 e. The van der Waals surface area contributed by atoms with E-state index in [0.29, 0.717) is 5.91 Å². The molecule has 0 aromatic rings. The van der Waals surface area contributed by atoms with E-state index in [9.17, 15) is 4.79 Å². The predicted octanol–water partition coefficient (Wildman–Crippen LogP) is 3.64. The minimum atomic E-state index is 0.384. The van der Waals surface area contributed by atoms with E-state index >= 15 is 0 Å². The Bertz CT molecular complexity index is 345. The van der Waals surface area contributed by atoms with E-state index in [2.05, 4.69) is 37.5 Å². The molecule has 1 atom stereocenters. The molecule has 1 amide bonds. The van der Waals surface area contributed by atoms with Crippen molar-refractivity contribution in [3.05, 3.63) is 0 Å². The lowest BCUT2D eigenvalue weighted by molar-refractivity contribution is -0.133. The fourth-order valence-corrected chi connectivity index (χ4v) is 4.20. The first-order chi connectivity index (χ1) is 10.5. The van der Waals surface area contributed by atoms with E-state index in [1.54, 1.807) is 0 Å². The van der Waals surface area contributed by atoms with Gasteiger partial charge in [-0.15, -0.1) is 0 Å². The highest BCUT2D eigenvalue weighted by Crippen LogP contribution is 2.25. The zero-order valence-corrected chi connectivity index (χ0v) is 15.2. The minimum absolute atomic E-state index is 0.384. The highest BCUT2D eigenvalue weighted by Gasteiger charge is 2.26. The van der Waals surface area contributed by atoms with Crippen molar-refractivity contribution in [2.45, 2.75) is 59.8 Å². The summed E-state index contributed by atoms with van der Waals surface area (Å²) in [5, 5.41) is 0. The lowest BCUT2D eigenvalue weighted by atomic mass is 9.86. The Hall–Kier alpha value is -0.570. The molecule has 22 heavy (non-hydrogen) atoms. The summed E-state index contributed by atoms with van der Waals surface area (Å²) in [7, 11) is 0. The fourth-order valence-electron chi connectivity index (χ4n) is 4.20. The molecule has 0 saturated carbocycles. The molecule has 0 aliphatic carbocycles. The van der Waals surface area contributed by atoms with Crippen LogP contribution in [0.3, 0.4) is 0 Å². The number of amides is 1. The summed E-state index contributed by atoms with van der Waals surface area (Å²) in [6.07, 6.45) is 5.78. The molecule has 0 spiro atoms. The Balaban J connectivity index is 1.64. The molecule has 0 aromatic carbocycles. The van der Waals surface area contributed by atoms with Gasteiger partial charge in [-0.1, -0.05) is 27.7 Å². The number of hydrogen-bond donors (Lipinski definition) is 0. The number of piperidine rings is 1. The molecule has 0 N–H and O–H groups in total. The zero-order valence-electron chi connectivity index (χ0n) is 15.2. The minimum Gasteiger partial charge on any atom is -0.343 e. The van der Waals surface area contributed by atoms with Crippen LogP contribution in [0.2, 0.25) is 0 Å². The highest BCUT2D eigenvalue weighted by atomic mass is 16.2. The van der Waals surface area contributed by atoms with Gasteiger partial charge in [0.1, 0.15) is 0 Å². The van der Waals surface area contributed by atoms with Gasteiger partial charge in [-0.2, -0.15) is 0 Å². The van der Waals surface area contributed by atoms with Crippen LogP contribution in [-0.4, -0.2) is 48.4 Å². The number of carbonyl (C=O) groups excluding carboxylic acids is 1. The molecule has 2 aliphatic rings. The monoisotopic (exact) mass is 308 g/mol. The van der Waals surface area contributed by atoms with Crippen LogP contribution in [0.4, 0.5) is 0 Å². The first-order valence-electron chi connectivity index (χ1n) is 9.45. The average Bonchev–Trinajstić information content (AvgIpc) is 2.91. The van der Waals surface area contributed by atoms with E-state index < -0.39 is 0 Å². The second-order valence-corrected chi connectivity index (χ2v) is 8.30. The number of nitrogens with zero attached hydrogens (tertiary/aromatic N) is 2. The maximum atomic E-state index is 12.4. The fraction of sp³-hybridized carbons (Fsp3) is 0.947. The summed E-state index contributed by atoms with van der Waals surface area (Å²) < 4.78 is 0. The molecular weight excluding hydrogens is 272 g/mol. The number of likely N-dealkylation sites (tertiary alicyclic amines) is 2. The first-order valence-corrected chi connectivity index (χ1v) is 9.45. The van der Waals surface area contributed by atoms with Crippen molar-refractivity contribution in [2.75, 3.05) is 32.7 Å². The third-order valence-corrected chi connectivity index (χ3v) is 5.65. The van der Waals surface area contributed by atoms with Gasteiger partial charge in [-0.25, -0.2) is 0 Å². The zero-order chi connectivity index (χ0) is 16.1. The first kappa shape index (κ1) is 17.8. The Morgan fingerprint density at radius 2 is 1.73 bits per heavy atom. The van der Waals surface area contributed by atoms with Gasteiger partial charge in [0.15, 0.2) is 0 Å². The lowest BCUT2D eigenvalue weighted by Crippen LogP contribution is -2.40. The van der Waals surface area contributed by atoms with Gasteiger partial charge in [0, 0.05) is 32.6 Å². The summed E-state index contributed by atoms with van der Waals surface area (Å²) in [6.45, 7) is 14.6. The second-order valence-electron chi connectivity index (χ2n) is 8.30. The molecule has 2 saturated heterocycles. The number of hydrogen-bond acceptors (Lipinski definition) is 2. The van der Waals surface area contributed by atoms with E-state index in [0.717, 1.165) is 49.7 Å². The van der Waals surface area contributed by atoms with Crippen LogP contribution in [0.1, 0.15) is 59.8 Å². The van der Waals surface area contributed by atoms with E-state index in [4.69, 9.17) is 0 Å². The van der Waals surface area contributed by atoms with E-state index in [1.165, 1.54) is 38.8 Å². The van der Waals surface area contributed by atoms with Crippen molar-refractivity contribution < 1.29 is 4.79 Å². The summed E-state index contributed by atoms with van der Waals surface area (Å²) in [5.74, 6) is 3.62. The van der Waals surface area contributed by atoms with Crippen molar-refractivity contribution in [2.24, 2.45) is 23.7 Å². The van der Waals surface area contributed by atoms with Gasteiger partial charge in [-0.05, 0) is 55.9 Å².